The van der Waals surface area contributed by atoms with Crippen LogP contribution in [0.2, 0.25) is 0 Å². The summed E-state index contributed by atoms with van der Waals surface area (Å²) in [5.74, 6) is -3.29. The Morgan fingerprint density at radius 1 is 1.16 bits per heavy atom. The number of carbonyl (C=O) groups is 1. The number of ether oxygens (including phenoxy) is 1. The Labute approximate surface area is 221 Å². The van der Waals surface area contributed by atoms with Gasteiger partial charge in [0.05, 0.1) is 23.6 Å². The first kappa shape index (κ1) is 28.4. The number of piperidine rings is 2. The molecule has 4 rings (SSSR count). The number of likely N-dealkylation sites (tertiary alicyclic amines) is 2. The maximum atomic E-state index is 15.3. The van der Waals surface area contributed by atoms with Gasteiger partial charge in [0.15, 0.2) is 0 Å². The van der Waals surface area contributed by atoms with Gasteiger partial charge in [0.2, 0.25) is 0 Å². The van der Waals surface area contributed by atoms with Crippen LogP contribution in [0.15, 0.2) is 24.3 Å². The minimum absolute atomic E-state index is 0.262. The summed E-state index contributed by atoms with van der Waals surface area (Å²) in [6, 6.07) is 2.66. The van der Waals surface area contributed by atoms with Crippen molar-refractivity contribution < 1.29 is 27.6 Å². The molecule has 1 unspecified atom stereocenters. The fraction of sp³-hybridized carbons (Fsp3) is 0.667. The van der Waals surface area contributed by atoms with Crippen molar-refractivity contribution in [2.75, 3.05) is 45.8 Å². The number of benzene rings is 1. The third-order valence-corrected chi connectivity index (χ3v) is 7.61. The van der Waals surface area contributed by atoms with Gasteiger partial charge >= 0.3 is 6.09 Å². The lowest BCUT2D eigenvalue weighted by Gasteiger charge is -2.45. The topological polar surface area (TPSA) is 79.2 Å². The van der Waals surface area contributed by atoms with Crippen molar-refractivity contribution in [3.63, 3.8) is 0 Å². The number of rotatable bonds is 5. The van der Waals surface area contributed by atoms with Crippen LogP contribution in [0.3, 0.4) is 0 Å². The molecule has 1 atom stereocenters. The van der Waals surface area contributed by atoms with E-state index >= 15 is 8.78 Å². The molecule has 0 aliphatic carbocycles. The molecule has 0 bridgehead atoms. The molecule has 0 saturated carbocycles. The van der Waals surface area contributed by atoms with Gasteiger partial charge in [-0.15, -0.1) is 0 Å². The van der Waals surface area contributed by atoms with E-state index in [4.69, 9.17) is 4.74 Å². The van der Waals surface area contributed by atoms with Crippen LogP contribution in [-0.4, -0.2) is 89.1 Å². The molecular formula is C27H37F3N4O4. The number of carbonyl (C=O) groups excluding carboxylic acids is 1. The van der Waals surface area contributed by atoms with Gasteiger partial charge < -0.3 is 9.64 Å². The van der Waals surface area contributed by atoms with E-state index in [2.05, 4.69) is 0 Å². The quantitative estimate of drug-likeness (QED) is 0.380. The number of nitrogens with zero attached hydrogens (tertiary/aromatic N) is 4. The average molecular weight is 539 g/mol. The van der Waals surface area contributed by atoms with E-state index in [-0.39, 0.29) is 36.4 Å². The van der Waals surface area contributed by atoms with Crippen molar-refractivity contribution in [2.24, 2.45) is 5.92 Å². The molecule has 1 aromatic carbocycles. The lowest BCUT2D eigenvalue weighted by atomic mass is 9.92. The molecule has 2 saturated heterocycles. The molecule has 1 amide bonds. The molecular weight excluding hydrogens is 501 g/mol. The molecule has 8 nitrogen and oxygen atoms in total. The highest BCUT2D eigenvalue weighted by Gasteiger charge is 2.47. The molecule has 11 heteroatoms. The fourth-order valence-electron chi connectivity index (χ4n) is 5.68. The predicted octanol–water partition coefficient (Wildman–Crippen LogP) is 5.18. The Hall–Kier alpha value is -2.66. The fourth-order valence-corrected chi connectivity index (χ4v) is 5.68. The first-order valence-electron chi connectivity index (χ1n) is 13.3. The number of non-ortho nitro benzene ring substituents is 1. The van der Waals surface area contributed by atoms with E-state index in [1.807, 2.05) is 25.7 Å². The number of hydrogen-bond acceptors (Lipinski definition) is 6. The van der Waals surface area contributed by atoms with E-state index in [1.165, 1.54) is 12.1 Å². The number of amides is 1. The van der Waals surface area contributed by atoms with Gasteiger partial charge in [0.1, 0.15) is 11.4 Å². The zero-order valence-electron chi connectivity index (χ0n) is 22.3. The number of halogens is 3. The van der Waals surface area contributed by atoms with Crippen molar-refractivity contribution in [1.82, 2.24) is 14.7 Å². The standard InChI is InChI=1S/C27H37F3N4O4/c1-26(2,3)38-25(35)33-12-6-19(7-13-33)17-31-11-10-24(27(29,30)18-31)32-14-8-20(9-15-32)22-5-4-21(34(36)37)16-23(22)28/h4-5,8,16,19,24H,6-7,9-15,17-18H2,1-3H3. The lowest BCUT2D eigenvalue weighted by Crippen LogP contribution is -2.59. The van der Waals surface area contributed by atoms with Gasteiger partial charge in [-0.05, 0) is 64.0 Å². The molecule has 3 aliphatic heterocycles. The Morgan fingerprint density at radius 3 is 2.42 bits per heavy atom. The van der Waals surface area contributed by atoms with Crippen LogP contribution in [0.5, 0.6) is 0 Å². The van der Waals surface area contributed by atoms with Gasteiger partial charge in [0, 0.05) is 50.9 Å². The number of hydrogen-bond donors (Lipinski definition) is 0. The van der Waals surface area contributed by atoms with Crippen molar-refractivity contribution in [3.8, 4) is 0 Å². The summed E-state index contributed by atoms with van der Waals surface area (Å²) in [5, 5.41) is 10.9. The smallest absolute Gasteiger partial charge is 0.410 e. The van der Waals surface area contributed by atoms with Gasteiger partial charge in [-0.1, -0.05) is 6.08 Å². The number of alkyl halides is 2. The lowest BCUT2D eigenvalue weighted by molar-refractivity contribution is -0.385. The zero-order valence-corrected chi connectivity index (χ0v) is 22.3. The normalized spacial score (nSPS) is 23.7. The van der Waals surface area contributed by atoms with Crippen LogP contribution >= 0.6 is 0 Å². The molecule has 210 valence electrons. The monoisotopic (exact) mass is 538 g/mol. The van der Waals surface area contributed by atoms with E-state index in [1.54, 1.807) is 15.9 Å². The summed E-state index contributed by atoms with van der Waals surface area (Å²) in [6.45, 7) is 8.19. The van der Waals surface area contributed by atoms with Gasteiger partial charge in [-0.2, -0.15) is 0 Å². The van der Waals surface area contributed by atoms with E-state index in [9.17, 15) is 19.3 Å². The molecule has 0 N–H and O–H groups in total. The Bertz CT molecular complexity index is 1070. The third-order valence-electron chi connectivity index (χ3n) is 7.61. The summed E-state index contributed by atoms with van der Waals surface area (Å²) in [6.07, 6.45) is 3.72. The van der Waals surface area contributed by atoms with Crippen molar-refractivity contribution in [3.05, 3.63) is 45.8 Å². The summed E-state index contributed by atoms with van der Waals surface area (Å²) in [5.41, 5.74) is 0.113. The van der Waals surface area contributed by atoms with Crippen LogP contribution < -0.4 is 0 Å². The highest BCUT2D eigenvalue weighted by molar-refractivity contribution is 5.68. The van der Waals surface area contributed by atoms with Crippen LogP contribution in [0.1, 0.15) is 52.0 Å². The summed E-state index contributed by atoms with van der Waals surface area (Å²) in [7, 11) is 0. The maximum absolute atomic E-state index is 15.3. The molecule has 38 heavy (non-hydrogen) atoms. The van der Waals surface area contributed by atoms with Crippen LogP contribution in [-0.2, 0) is 4.74 Å². The average Bonchev–Trinajstić information content (AvgIpc) is 2.83. The minimum Gasteiger partial charge on any atom is -0.444 e. The molecule has 1 aromatic rings. The summed E-state index contributed by atoms with van der Waals surface area (Å²) in [4.78, 5) is 27.8. The van der Waals surface area contributed by atoms with Crippen molar-refractivity contribution in [1.29, 1.82) is 0 Å². The SMILES string of the molecule is CC(C)(C)OC(=O)N1CCC(CN2CCC(N3CC=C(c4ccc([N+](=O)[O-])cc4F)CC3)C(F)(F)C2)CC1. The van der Waals surface area contributed by atoms with Crippen LogP contribution in [0.25, 0.3) is 5.57 Å². The molecule has 2 fully saturated rings. The summed E-state index contributed by atoms with van der Waals surface area (Å²) < 4.78 is 50.4. The number of nitro benzene ring substituents is 1. The molecule has 0 aromatic heterocycles. The van der Waals surface area contributed by atoms with Gasteiger partial charge in [0.25, 0.3) is 11.6 Å². The highest BCUT2D eigenvalue weighted by atomic mass is 19.3. The van der Waals surface area contributed by atoms with Crippen LogP contribution in [0, 0.1) is 21.8 Å². The molecule has 0 radical (unpaired) electrons. The third kappa shape index (κ3) is 6.85. The first-order chi connectivity index (χ1) is 17.8. The van der Waals surface area contributed by atoms with Gasteiger partial charge in [-0.25, -0.2) is 18.0 Å². The van der Waals surface area contributed by atoms with Crippen molar-refractivity contribution in [2.45, 2.75) is 64.0 Å². The second-order valence-corrected chi connectivity index (χ2v) is 11.6. The van der Waals surface area contributed by atoms with Gasteiger partial charge in [-0.3, -0.25) is 19.9 Å². The van der Waals surface area contributed by atoms with Crippen molar-refractivity contribution >= 4 is 17.4 Å². The Balaban J connectivity index is 1.28. The highest BCUT2D eigenvalue weighted by Crippen LogP contribution is 2.35. The predicted molar refractivity (Wildman–Crippen MR) is 138 cm³/mol. The molecule has 3 aliphatic rings. The Kier molecular flexibility index (Phi) is 8.37. The van der Waals surface area contributed by atoms with E-state index < -0.39 is 28.3 Å². The Morgan fingerprint density at radius 2 is 1.87 bits per heavy atom. The zero-order chi connectivity index (χ0) is 27.7. The number of nitro groups is 1. The minimum atomic E-state index is -2.88. The van der Waals surface area contributed by atoms with E-state index in [0.717, 1.165) is 18.9 Å². The summed E-state index contributed by atoms with van der Waals surface area (Å²) >= 11 is 0. The second kappa shape index (κ2) is 11.2. The largest absolute Gasteiger partial charge is 0.444 e. The molecule has 3 heterocycles. The first-order valence-corrected chi connectivity index (χ1v) is 13.3. The maximum Gasteiger partial charge on any atom is 0.410 e. The van der Waals surface area contributed by atoms with E-state index in [0.29, 0.717) is 51.1 Å². The molecule has 0 spiro atoms. The van der Waals surface area contributed by atoms with Crippen LogP contribution in [0.4, 0.5) is 23.7 Å². The second-order valence-electron chi connectivity index (χ2n) is 11.6.